The minimum absolute atomic E-state index is 0.0261. The SMILES string of the molecule is CCCCCCCCCC/C=C\CCCCCCCCCCCCCCCCCCCCCCCCCCCCCC(=O)OC(COC(=O)CCCCCCCCCCCCCCCCCCCCCCC/C=C\CCCCCCCCCC)COP(=O)([O-])OCC[N+](C)(C)C. The monoisotopic (exact) mass is 1370 g/mol. The summed E-state index contributed by atoms with van der Waals surface area (Å²) in [6.45, 7) is 4.33. The number of ether oxygens (including phenoxy) is 2. The molecule has 0 aliphatic rings. The summed E-state index contributed by atoms with van der Waals surface area (Å²) in [4.78, 5) is 38.2. The predicted molar refractivity (Wildman–Crippen MR) is 416 cm³/mol. The summed E-state index contributed by atoms with van der Waals surface area (Å²) in [6, 6.07) is 0. The fourth-order valence-electron chi connectivity index (χ4n) is 13.4. The first-order valence-electron chi connectivity index (χ1n) is 43.0. The van der Waals surface area contributed by atoms with Crippen LogP contribution >= 0.6 is 7.82 Å². The summed E-state index contributed by atoms with van der Waals surface area (Å²) < 4.78 is 34.5. The van der Waals surface area contributed by atoms with Gasteiger partial charge in [-0.3, -0.25) is 14.2 Å². The van der Waals surface area contributed by atoms with E-state index in [-0.39, 0.29) is 32.0 Å². The number of unbranched alkanes of at least 4 members (excludes halogenated alkanes) is 64. The molecule has 0 N–H and O–H groups in total. The zero-order chi connectivity index (χ0) is 69.7. The van der Waals surface area contributed by atoms with Gasteiger partial charge in [-0.15, -0.1) is 0 Å². The highest BCUT2D eigenvalue weighted by atomic mass is 31.2. The van der Waals surface area contributed by atoms with Crippen LogP contribution in [-0.2, 0) is 32.7 Å². The van der Waals surface area contributed by atoms with Gasteiger partial charge in [-0.25, -0.2) is 0 Å². The average Bonchev–Trinajstić information content (AvgIpc) is 1.98. The number of carbonyl (C=O) groups excluding carboxylic acids is 2. The van der Waals surface area contributed by atoms with Crippen molar-refractivity contribution in [1.82, 2.24) is 0 Å². The third-order valence-corrected chi connectivity index (χ3v) is 20.9. The molecule has 0 radical (unpaired) electrons. The first-order chi connectivity index (χ1) is 47.0. The Kier molecular flexibility index (Phi) is 76.4. The van der Waals surface area contributed by atoms with Crippen molar-refractivity contribution in [2.24, 2.45) is 0 Å². The van der Waals surface area contributed by atoms with Crippen LogP contribution in [0.15, 0.2) is 24.3 Å². The van der Waals surface area contributed by atoms with Gasteiger partial charge in [0.15, 0.2) is 6.10 Å². The van der Waals surface area contributed by atoms with E-state index < -0.39 is 26.5 Å². The van der Waals surface area contributed by atoms with Crippen LogP contribution in [0.3, 0.4) is 0 Å². The number of hydrogen-bond acceptors (Lipinski definition) is 8. The quantitative estimate of drug-likeness (QED) is 0.0195. The molecular weight excluding hydrogens is 1210 g/mol. The molecule has 0 aromatic carbocycles. The number of likely N-dealkylation sites (N-methyl/N-ethyl adjacent to an activating group) is 1. The van der Waals surface area contributed by atoms with Gasteiger partial charge in [0.2, 0.25) is 0 Å². The number of nitrogens with zero attached hydrogens (tertiary/aromatic N) is 1. The van der Waals surface area contributed by atoms with E-state index in [0.717, 1.165) is 32.1 Å². The van der Waals surface area contributed by atoms with E-state index in [1.54, 1.807) is 0 Å². The van der Waals surface area contributed by atoms with Crippen molar-refractivity contribution in [3.8, 4) is 0 Å². The smallest absolute Gasteiger partial charge is 0.306 e. The second-order valence-corrected chi connectivity index (χ2v) is 32.3. The van der Waals surface area contributed by atoms with Gasteiger partial charge >= 0.3 is 11.9 Å². The first-order valence-corrected chi connectivity index (χ1v) is 44.5. The van der Waals surface area contributed by atoms with Gasteiger partial charge in [0.25, 0.3) is 7.82 Å². The number of esters is 2. The Hall–Kier alpha value is -1.51. The predicted octanol–water partition coefficient (Wildman–Crippen LogP) is 28.1. The van der Waals surface area contributed by atoms with Crippen molar-refractivity contribution < 1.29 is 42.1 Å². The zero-order valence-corrected chi connectivity index (χ0v) is 66.3. The molecule has 0 aromatic heterocycles. The fraction of sp³-hybridized carbons (Fsp3) is 0.930. The van der Waals surface area contributed by atoms with Crippen molar-refractivity contribution in [2.45, 2.75) is 469 Å². The summed E-state index contributed by atoms with van der Waals surface area (Å²) in [7, 11) is 1.20. The second kappa shape index (κ2) is 77.6. The van der Waals surface area contributed by atoms with Crippen molar-refractivity contribution >= 4 is 19.8 Å². The van der Waals surface area contributed by atoms with Crippen LogP contribution < -0.4 is 4.89 Å². The number of hydrogen-bond donors (Lipinski definition) is 0. The molecule has 0 saturated heterocycles. The Balaban J connectivity index is 3.85. The van der Waals surface area contributed by atoms with Crippen LogP contribution in [0.4, 0.5) is 0 Å². The highest BCUT2D eigenvalue weighted by Gasteiger charge is 2.22. The number of quaternary nitrogens is 1. The Morgan fingerprint density at radius 3 is 0.771 bits per heavy atom. The third-order valence-electron chi connectivity index (χ3n) is 19.9. The summed E-state index contributed by atoms with van der Waals surface area (Å²) in [5.74, 6) is -0.803. The van der Waals surface area contributed by atoms with E-state index in [9.17, 15) is 19.0 Å². The second-order valence-electron chi connectivity index (χ2n) is 30.9. The molecule has 0 aliphatic heterocycles. The lowest BCUT2D eigenvalue weighted by molar-refractivity contribution is -0.870. The lowest BCUT2D eigenvalue weighted by Crippen LogP contribution is -2.37. The molecule has 0 spiro atoms. The summed E-state index contributed by atoms with van der Waals surface area (Å²) in [5.41, 5.74) is 0. The van der Waals surface area contributed by atoms with E-state index in [4.69, 9.17) is 18.5 Å². The highest BCUT2D eigenvalue weighted by Crippen LogP contribution is 2.38. The molecule has 0 saturated carbocycles. The molecule has 2 unspecified atom stereocenters. The summed E-state index contributed by atoms with van der Waals surface area (Å²) >= 11 is 0. The molecule has 96 heavy (non-hydrogen) atoms. The number of phosphoric acid groups is 1. The van der Waals surface area contributed by atoms with Gasteiger partial charge in [0.05, 0.1) is 27.7 Å². The van der Waals surface area contributed by atoms with E-state index in [0.29, 0.717) is 17.4 Å². The van der Waals surface area contributed by atoms with E-state index in [1.807, 2.05) is 21.1 Å². The third kappa shape index (κ3) is 81.5. The van der Waals surface area contributed by atoms with Gasteiger partial charge in [-0.1, -0.05) is 411 Å². The van der Waals surface area contributed by atoms with E-state index in [1.165, 1.54) is 398 Å². The van der Waals surface area contributed by atoms with Gasteiger partial charge in [0, 0.05) is 12.8 Å². The largest absolute Gasteiger partial charge is 0.756 e. The molecule has 0 heterocycles. The molecular formula is C86H168NO8P. The Labute approximate surface area is 599 Å². The molecule has 10 heteroatoms. The molecule has 0 aliphatic carbocycles. The van der Waals surface area contributed by atoms with Crippen LogP contribution in [0.2, 0.25) is 0 Å². The summed E-state index contributed by atoms with van der Waals surface area (Å²) in [6.07, 6.45) is 101. The maximum absolute atomic E-state index is 12.9. The Morgan fingerprint density at radius 1 is 0.312 bits per heavy atom. The molecule has 0 amide bonds. The lowest BCUT2D eigenvalue weighted by Gasteiger charge is -2.28. The van der Waals surface area contributed by atoms with Crippen molar-refractivity contribution in [3.63, 3.8) is 0 Å². The fourth-order valence-corrected chi connectivity index (χ4v) is 14.1. The van der Waals surface area contributed by atoms with E-state index in [2.05, 4.69) is 38.2 Å². The normalized spacial score (nSPS) is 13.0. The number of phosphoric ester groups is 1. The van der Waals surface area contributed by atoms with Gasteiger partial charge in [-0.05, 0) is 64.2 Å². The van der Waals surface area contributed by atoms with Crippen molar-refractivity contribution in [1.29, 1.82) is 0 Å². The van der Waals surface area contributed by atoms with Gasteiger partial charge in [-0.2, -0.15) is 0 Å². The van der Waals surface area contributed by atoms with Gasteiger partial charge < -0.3 is 27.9 Å². The maximum atomic E-state index is 12.9. The zero-order valence-electron chi connectivity index (χ0n) is 65.4. The molecule has 570 valence electrons. The van der Waals surface area contributed by atoms with Crippen molar-refractivity contribution in [3.05, 3.63) is 24.3 Å². The van der Waals surface area contributed by atoms with Crippen LogP contribution in [0.5, 0.6) is 0 Å². The number of carbonyl (C=O) groups is 2. The molecule has 0 fully saturated rings. The maximum Gasteiger partial charge on any atom is 0.306 e. The Bertz CT molecular complexity index is 1660. The Morgan fingerprint density at radius 2 is 0.531 bits per heavy atom. The standard InChI is InChI=1S/C86H168NO8P/c1-6-8-10-12-14-16-18-20-22-24-26-28-30-32-34-36-38-40-41-42-43-44-45-47-49-51-53-55-57-59-61-63-65-67-69-71-73-75-77-79-86(89)95-84(83-94-96(90,91)93-81-80-87(3,4)5)82-92-85(88)78-76-74-72-70-68-66-64-62-60-58-56-54-52-50-48-46-39-37-35-33-31-29-27-25-23-21-19-17-15-13-11-9-7-2/h24-27,84H,6-23,28-83H2,1-5H3/b26-24-,27-25-. The highest BCUT2D eigenvalue weighted by molar-refractivity contribution is 7.45. The molecule has 0 bridgehead atoms. The molecule has 9 nitrogen and oxygen atoms in total. The lowest BCUT2D eigenvalue weighted by atomic mass is 10.0. The minimum Gasteiger partial charge on any atom is -0.756 e. The van der Waals surface area contributed by atoms with Crippen LogP contribution in [0, 0.1) is 0 Å². The van der Waals surface area contributed by atoms with Crippen molar-refractivity contribution in [2.75, 3.05) is 47.5 Å². The minimum atomic E-state index is -4.64. The molecule has 2 atom stereocenters. The summed E-state index contributed by atoms with van der Waals surface area (Å²) in [5, 5.41) is 0. The molecule has 0 aromatic rings. The van der Waals surface area contributed by atoms with Crippen LogP contribution in [-0.4, -0.2) is 70.0 Å². The van der Waals surface area contributed by atoms with Gasteiger partial charge in [0.1, 0.15) is 19.8 Å². The van der Waals surface area contributed by atoms with E-state index >= 15 is 0 Å². The topological polar surface area (TPSA) is 111 Å². The molecule has 0 rings (SSSR count). The van der Waals surface area contributed by atoms with Crippen LogP contribution in [0.1, 0.15) is 463 Å². The van der Waals surface area contributed by atoms with Crippen LogP contribution in [0.25, 0.3) is 0 Å². The number of allylic oxidation sites excluding steroid dienone is 4. The first kappa shape index (κ1) is 94.5. The number of rotatable bonds is 82. The average molecular weight is 1380 g/mol.